The van der Waals surface area contributed by atoms with Crippen molar-refractivity contribution < 1.29 is 23.7 Å². The molecule has 0 fully saturated rings. The van der Waals surface area contributed by atoms with E-state index in [2.05, 4.69) is 0 Å². The Bertz CT molecular complexity index is 476. The first-order valence-corrected chi connectivity index (χ1v) is 4.82. The highest BCUT2D eigenvalue weighted by atomic mass is 16.7. The number of benzene rings is 1. The van der Waals surface area contributed by atoms with Crippen molar-refractivity contribution in [3.63, 3.8) is 0 Å². The quantitative estimate of drug-likeness (QED) is 0.747. The number of ether oxygens (including phenoxy) is 4. The standard InChI is InChI=1S/C12H10O5/c1-14-11-6-9(7-13)2-3-10(11)17-12-8-15-4-5-16-12/h2-8H,1H3. The average molecular weight is 234 g/mol. The fourth-order valence-corrected chi connectivity index (χ4v) is 1.25. The summed E-state index contributed by atoms with van der Waals surface area (Å²) >= 11 is 0. The van der Waals surface area contributed by atoms with Crippen LogP contribution in [-0.4, -0.2) is 13.4 Å². The van der Waals surface area contributed by atoms with Crippen molar-refractivity contribution >= 4 is 6.29 Å². The summed E-state index contributed by atoms with van der Waals surface area (Å²) in [5, 5.41) is 0. The van der Waals surface area contributed by atoms with Gasteiger partial charge in [-0.15, -0.1) is 0 Å². The fraction of sp³-hybridized carbons (Fsp3) is 0.0833. The molecular formula is C12H10O5. The van der Waals surface area contributed by atoms with E-state index in [0.29, 0.717) is 17.1 Å². The fourth-order valence-electron chi connectivity index (χ4n) is 1.25. The lowest BCUT2D eigenvalue weighted by Crippen LogP contribution is -2.02. The zero-order valence-corrected chi connectivity index (χ0v) is 9.08. The van der Waals surface area contributed by atoms with Gasteiger partial charge in [0.25, 0.3) is 0 Å². The summed E-state index contributed by atoms with van der Waals surface area (Å²) in [6.45, 7) is 0. The monoisotopic (exact) mass is 234 g/mol. The van der Waals surface area contributed by atoms with Gasteiger partial charge in [0.15, 0.2) is 17.8 Å². The van der Waals surface area contributed by atoms with E-state index in [1.165, 1.54) is 25.9 Å². The van der Waals surface area contributed by atoms with Crippen molar-refractivity contribution in [2.75, 3.05) is 7.11 Å². The van der Waals surface area contributed by atoms with E-state index < -0.39 is 0 Å². The summed E-state index contributed by atoms with van der Waals surface area (Å²) in [5.74, 6) is 1.06. The largest absolute Gasteiger partial charge is 0.493 e. The van der Waals surface area contributed by atoms with Crippen LogP contribution in [0.15, 0.2) is 42.9 Å². The molecule has 5 nitrogen and oxygen atoms in total. The van der Waals surface area contributed by atoms with Crippen molar-refractivity contribution in [2.45, 2.75) is 0 Å². The zero-order valence-electron chi connectivity index (χ0n) is 9.08. The molecule has 1 aromatic carbocycles. The maximum Gasteiger partial charge on any atom is 0.326 e. The van der Waals surface area contributed by atoms with Gasteiger partial charge in [0, 0.05) is 5.56 Å². The van der Waals surface area contributed by atoms with Crippen LogP contribution in [0.25, 0.3) is 0 Å². The zero-order chi connectivity index (χ0) is 12.1. The third kappa shape index (κ3) is 2.57. The lowest BCUT2D eigenvalue weighted by molar-refractivity contribution is 0.112. The molecule has 0 radical (unpaired) electrons. The molecule has 0 bridgehead atoms. The first-order chi connectivity index (χ1) is 8.33. The predicted octanol–water partition coefficient (Wildman–Crippen LogP) is 2.20. The summed E-state index contributed by atoms with van der Waals surface area (Å²) in [4.78, 5) is 10.6. The lowest BCUT2D eigenvalue weighted by atomic mass is 10.2. The van der Waals surface area contributed by atoms with Crippen LogP contribution in [0.2, 0.25) is 0 Å². The molecule has 1 aliphatic heterocycles. The van der Waals surface area contributed by atoms with Crippen molar-refractivity contribution in [3.8, 4) is 11.5 Å². The number of rotatable bonds is 4. The lowest BCUT2D eigenvalue weighted by Gasteiger charge is -2.13. The SMILES string of the molecule is COc1cc(C=O)ccc1OC1=COC=CO1. The van der Waals surface area contributed by atoms with E-state index in [1.54, 1.807) is 18.2 Å². The van der Waals surface area contributed by atoms with Gasteiger partial charge in [-0.2, -0.15) is 0 Å². The third-order valence-electron chi connectivity index (χ3n) is 2.02. The van der Waals surface area contributed by atoms with Gasteiger partial charge in [0.1, 0.15) is 18.8 Å². The Hall–Kier alpha value is -2.43. The number of carbonyl (C=O) groups is 1. The molecule has 88 valence electrons. The number of aldehydes is 1. The van der Waals surface area contributed by atoms with Crippen LogP contribution in [-0.2, 0) is 9.47 Å². The number of carbonyl (C=O) groups excluding carboxylic acids is 1. The van der Waals surface area contributed by atoms with Gasteiger partial charge in [-0.3, -0.25) is 4.79 Å². The minimum absolute atomic E-state index is 0.185. The molecule has 0 atom stereocenters. The minimum atomic E-state index is 0.185. The third-order valence-corrected chi connectivity index (χ3v) is 2.02. The molecule has 1 aliphatic rings. The van der Waals surface area contributed by atoms with Gasteiger partial charge in [-0.25, -0.2) is 0 Å². The second kappa shape index (κ2) is 5.07. The normalized spacial score (nSPS) is 13.1. The van der Waals surface area contributed by atoms with Crippen molar-refractivity contribution in [2.24, 2.45) is 0 Å². The molecule has 0 N–H and O–H groups in total. The van der Waals surface area contributed by atoms with Crippen LogP contribution in [0.4, 0.5) is 0 Å². The van der Waals surface area contributed by atoms with E-state index >= 15 is 0 Å². The van der Waals surface area contributed by atoms with E-state index in [1.807, 2.05) is 0 Å². The molecule has 0 amide bonds. The van der Waals surface area contributed by atoms with Crippen LogP contribution in [0.3, 0.4) is 0 Å². The summed E-state index contributed by atoms with van der Waals surface area (Å²) in [6, 6.07) is 4.80. The molecule has 0 aromatic heterocycles. The predicted molar refractivity (Wildman–Crippen MR) is 58.4 cm³/mol. The van der Waals surface area contributed by atoms with E-state index in [4.69, 9.17) is 18.9 Å². The topological polar surface area (TPSA) is 54.0 Å². The Morgan fingerprint density at radius 2 is 2.12 bits per heavy atom. The summed E-state index contributed by atoms with van der Waals surface area (Å²) in [7, 11) is 1.49. The summed E-state index contributed by atoms with van der Waals surface area (Å²) in [6.07, 6.45) is 4.77. The molecule has 0 saturated heterocycles. The highest BCUT2D eigenvalue weighted by Crippen LogP contribution is 2.29. The minimum Gasteiger partial charge on any atom is -0.493 e. The molecule has 0 saturated carbocycles. The van der Waals surface area contributed by atoms with Gasteiger partial charge >= 0.3 is 5.95 Å². The Morgan fingerprint density at radius 3 is 2.76 bits per heavy atom. The van der Waals surface area contributed by atoms with Crippen molar-refractivity contribution in [1.29, 1.82) is 0 Å². The van der Waals surface area contributed by atoms with Gasteiger partial charge in [0.2, 0.25) is 0 Å². The maximum atomic E-state index is 10.6. The molecule has 1 aromatic rings. The molecule has 0 aliphatic carbocycles. The highest BCUT2D eigenvalue weighted by Gasteiger charge is 2.10. The molecular weight excluding hydrogens is 224 g/mol. The molecule has 0 spiro atoms. The Balaban J connectivity index is 2.20. The van der Waals surface area contributed by atoms with Crippen molar-refractivity contribution in [1.82, 2.24) is 0 Å². The van der Waals surface area contributed by atoms with Gasteiger partial charge in [-0.05, 0) is 18.2 Å². The number of hydrogen-bond acceptors (Lipinski definition) is 5. The Labute approximate surface area is 97.9 Å². The molecule has 0 unspecified atom stereocenters. The van der Waals surface area contributed by atoms with Gasteiger partial charge < -0.3 is 18.9 Å². The number of hydrogen-bond donors (Lipinski definition) is 0. The van der Waals surface area contributed by atoms with Crippen LogP contribution in [0.5, 0.6) is 11.5 Å². The van der Waals surface area contributed by atoms with Crippen LogP contribution in [0, 0.1) is 0 Å². The first kappa shape index (κ1) is 11.1. The molecule has 5 heteroatoms. The molecule has 2 rings (SSSR count). The van der Waals surface area contributed by atoms with E-state index in [0.717, 1.165) is 6.29 Å². The van der Waals surface area contributed by atoms with Crippen molar-refractivity contribution in [3.05, 3.63) is 48.5 Å². The summed E-state index contributed by atoms with van der Waals surface area (Å²) < 4.78 is 20.4. The van der Waals surface area contributed by atoms with E-state index in [9.17, 15) is 4.79 Å². The smallest absolute Gasteiger partial charge is 0.326 e. The molecule has 17 heavy (non-hydrogen) atoms. The average Bonchev–Trinajstić information content (AvgIpc) is 2.40. The van der Waals surface area contributed by atoms with E-state index in [-0.39, 0.29) is 5.95 Å². The first-order valence-electron chi connectivity index (χ1n) is 4.82. The van der Waals surface area contributed by atoms with Gasteiger partial charge in [-0.1, -0.05) is 0 Å². The molecule has 1 heterocycles. The Kier molecular flexibility index (Phi) is 3.30. The second-order valence-electron chi connectivity index (χ2n) is 3.09. The highest BCUT2D eigenvalue weighted by molar-refractivity contribution is 5.76. The van der Waals surface area contributed by atoms with Crippen LogP contribution >= 0.6 is 0 Å². The number of methoxy groups -OCH3 is 1. The Morgan fingerprint density at radius 1 is 1.24 bits per heavy atom. The second-order valence-corrected chi connectivity index (χ2v) is 3.09. The van der Waals surface area contributed by atoms with Gasteiger partial charge in [0.05, 0.1) is 7.11 Å². The van der Waals surface area contributed by atoms with Crippen LogP contribution < -0.4 is 9.47 Å². The summed E-state index contributed by atoms with van der Waals surface area (Å²) in [5.41, 5.74) is 0.504. The van der Waals surface area contributed by atoms with Crippen LogP contribution in [0.1, 0.15) is 10.4 Å². The maximum absolute atomic E-state index is 10.6.